The second-order valence-electron chi connectivity index (χ2n) is 4.34. The fraction of sp³-hybridized carbons (Fsp3) is 0.0625. The van der Waals surface area contributed by atoms with Gasteiger partial charge in [-0.3, -0.25) is 9.59 Å². The standard InChI is InChI=1S/C16H12N2O4/c17-9-11-1-5-13(6-2-11)22-14-7-3-12(4-8-14)16(21)18-10-15(19)20/h1-8H,10H2,(H,18,21)(H,19,20). The molecule has 0 aromatic heterocycles. The van der Waals surface area contributed by atoms with Gasteiger partial charge in [0.25, 0.3) is 5.91 Å². The summed E-state index contributed by atoms with van der Waals surface area (Å²) in [4.78, 5) is 22.0. The fourth-order valence-corrected chi connectivity index (χ4v) is 1.67. The predicted octanol–water partition coefficient (Wildman–Crippen LogP) is 2.16. The van der Waals surface area contributed by atoms with Gasteiger partial charge in [0.05, 0.1) is 11.6 Å². The second-order valence-corrected chi connectivity index (χ2v) is 4.34. The van der Waals surface area contributed by atoms with Crippen LogP contribution < -0.4 is 10.1 Å². The van der Waals surface area contributed by atoms with E-state index < -0.39 is 18.4 Å². The molecule has 0 heterocycles. The van der Waals surface area contributed by atoms with Crippen molar-refractivity contribution < 1.29 is 19.4 Å². The van der Waals surface area contributed by atoms with E-state index in [1.54, 1.807) is 36.4 Å². The predicted molar refractivity (Wildman–Crippen MR) is 77.6 cm³/mol. The maximum Gasteiger partial charge on any atom is 0.322 e. The first-order valence-corrected chi connectivity index (χ1v) is 6.36. The molecule has 6 nitrogen and oxygen atoms in total. The van der Waals surface area contributed by atoms with Crippen LogP contribution >= 0.6 is 0 Å². The van der Waals surface area contributed by atoms with Gasteiger partial charge in [0.15, 0.2) is 0 Å². The normalized spacial score (nSPS) is 9.59. The lowest BCUT2D eigenvalue weighted by Crippen LogP contribution is -2.29. The van der Waals surface area contributed by atoms with Gasteiger partial charge in [-0.1, -0.05) is 0 Å². The summed E-state index contributed by atoms with van der Waals surface area (Å²) < 4.78 is 5.58. The molecule has 2 rings (SSSR count). The average Bonchev–Trinajstić information content (AvgIpc) is 2.54. The molecule has 0 fully saturated rings. The molecular weight excluding hydrogens is 284 g/mol. The van der Waals surface area contributed by atoms with Gasteiger partial charge in [-0.05, 0) is 48.5 Å². The van der Waals surface area contributed by atoms with Crippen LogP contribution in [-0.4, -0.2) is 23.5 Å². The molecule has 0 aliphatic rings. The highest BCUT2D eigenvalue weighted by Crippen LogP contribution is 2.21. The van der Waals surface area contributed by atoms with Crippen LogP contribution in [0.4, 0.5) is 0 Å². The number of nitriles is 1. The maximum absolute atomic E-state index is 11.6. The van der Waals surface area contributed by atoms with Crippen molar-refractivity contribution in [3.05, 3.63) is 59.7 Å². The van der Waals surface area contributed by atoms with E-state index in [0.717, 1.165) is 0 Å². The highest BCUT2D eigenvalue weighted by Gasteiger charge is 2.07. The third-order valence-corrected chi connectivity index (χ3v) is 2.74. The quantitative estimate of drug-likeness (QED) is 0.880. The van der Waals surface area contributed by atoms with E-state index in [2.05, 4.69) is 5.32 Å². The number of rotatable bonds is 5. The van der Waals surface area contributed by atoms with E-state index >= 15 is 0 Å². The average molecular weight is 296 g/mol. The first-order valence-electron chi connectivity index (χ1n) is 6.36. The largest absolute Gasteiger partial charge is 0.480 e. The van der Waals surface area contributed by atoms with E-state index in [1.165, 1.54) is 12.1 Å². The molecule has 2 N–H and O–H groups in total. The highest BCUT2D eigenvalue weighted by molar-refractivity contribution is 5.95. The Morgan fingerprint density at radius 2 is 1.59 bits per heavy atom. The molecule has 2 aromatic rings. The molecule has 0 aliphatic heterocycles. The van der Waals surface area contributed by atoms with Gasteiger partial charge in [0.1, 0.15) is 18.0 Å². The van der Waals surface area contributed by atoms with Crippen LogP contribution in [0, 0.1) is 11.3 Å². The van der Waals surface area contributed by atoms with E-state index in [9.17, 15) is 9.59 Å². The summed E-state index contributed by atoms with van der Waals surface area (Å²) in [5, 5.41) is 19.5. The van der Waals surface area contributed by atoms with Crippen molar-refractivity contribution in [1.82, 2.24) is 5.32 Å². The Balaban J connectivity index is 2.00. The molecule has 0 atom stereocenters. The second kappa shape index (κ2) is 6.90. The first-order chi connectivity index (χ1) is 10.6. The number of nitrogens with one attached hydrogen (secondary N) is 1. The van der Waals surface area contributed by atoms with Gasteiger partial charge in [-0.15, -0.1) is 0 Å². The molecule has 0 aliphatic carbocycles. The zero-order valence-corrected chi connectivity index (χ0v) is 11.4. The van der Waals surface area contributed by atoms with Gasteiger partial charge >= 0.3 is 5.97 Å². The van der Waals surface area contributed by atoms with Crippen molar-refractivity contribution in [1.29, 1.82) is 5.26 Å². The van der Waals surface area contributed by atoms with Gasteiger partial charge in [-0.2, -0.15) is 5.26 Å². The van der Waals surface area contributed by atoms with Crippen molar-refractivity contribution in [2.45, 2.75) is 0 Å². The number of carbonyl (C=O) groups excluding carboxylic acids is 1. The number of hydrogen-bond acceptors (Lipinski definition) is 4. The molecule has 0 saturated heterocycles. The minimum Gasteiger partial charge on any atom is -0.480 e. The maximum atomic E-state index is 11.6. The van der Waals surface area contributed by atoms with Crippen LogP contribution in [0.25, 0.3) is 0 Å². The number of carboxylic acids is 1. The number of ether oxygens (including phenoxy) is 1. The molecular formula is C16H12N2O4. The van der Waals surface area contributed by atoms with Gasteiger partial charge < -0.3 is 15.2 Å². The van der Waals surface area contributed by atoms with E-state index in [4.69, 9.17) is 15.1 Å². The van der Waals surface area contributed by atoms with E-state index in [1.807, 2.05) is 6.07 Å². The van der Waals surface area contributed by atoms with Gasteiger partial charge in [-0.25, -0.2) is 0 Å². The van der Waals surface area contributed by atoms with Crippen LogP contribution in [-0.2, 0) is 4.79 Å². The summed E-state index contributed by atoms with van der Waals surface area (Å²) >= 11 is 0. The number of hydrogen-bond donors (Lipinski definition) is 2. The molecule has 6 heteroatoms. The van der Waals surface area contributed by atoms with Crippen LogP contribution in [0.2, 0.25) is 0 Å². The lowest BCUT2D eigenvalue weighted by atomic mass is 10.2. The molecule has 0 radical (unpaired) electrons. The third-order valence-electron chi connectivity index (χ3n) is 2.74. The van der Waals surface area contributed by atoms with Crippen molar-refractivity contribution in [2.75, 3.05) is 6.54 Å². The van der Waals surface area contributed by atoms with Crippen LogP contribution in [0.3, 0.4) is 0 Å². The fourth-order valence-electron chi connectivity index (χ4n) is 1.67. The van der Waals surface area contributed by atoms with Crippen LogP contribution in [0.1, 0.15) is 15.9 Å². The lowest BCUT2D eigenvalue weighted by Gasteiger charge is -2.07. The SMILES string of the molecule is N#Cc1ccc(Oc2ccc(C(=O)NCC(=O)O)cc2)cc1. The summed E-state index contributed by atoms with van der Waals surface area (Å²) in [5.74, 6) is -0.469. The first kappa shape index (κ1) is 15.1. The smallest absolute Gasteiger partial charge is 0.322 e. The zero-order valence-electron chi connectivity index (χ0n) is 11.4. The number of amides is 1. The van der Waals surface area contributed by atoms with Crippen LogP contribution in [0.15, 0.2) is 48.5 Å². The molecule has 1 amide bonds. The Morgan fingerprint density at radius 3 is 2.09 bits per heavy atom. The molecule has 22 heavy (non-hydrogen) atoms. The van der Waals surface area contributed by atoms with Crippen molar-refractivity contribution >= 4 is 11.9 Å². The summed E-state index contributed by atoms with van der Waals surface area (Å²) in [5.41, 5.74) is 0.881. The molecule has 110 valence electrons. The van der Waals surface area contributed by atoms with Crippen molar-refractivity contribution in [2.24, 2.45) is 0 Å². The van der Waals surface area contributed by atoms with E-state index in [0.29, 0.717) is 22.6 Å². The number of carbonyl (C=O) groups is 2. The van der Waals surface area contributed by atoms with E-state index in [-0.39, 0.29) is 0 Å². The number of aliphatic carboxylic acids is 1. The lowest BCUT2D eigenvalue weighted by molar-refractivity contribution is -0.135. The van der Waals surface area contributed by atoms with Crippen molar-refractivity contribution in [3.63, 3.8) is 0 Å². The topological polar surface area (TPSA) is 99.4 Å². The summed E-state index contributed by atoms with van der Waals surface area (Å²) in [6.45, 7) is -0.428. The Labute approximate surface area is 126 Å². The van der Waals surface area contributed by atoms with Gasteiger partial charge in [0, 0.05) is 5.56 Å². The summed E-state index contributed by atoms with van der Waals surface area (Å²) in [7, 11) is 0. The zero-order chi connectivity index (χ0) is 15.9. The van der Waals surface area contributed by atoms with Crippen LogP contribution in [0.5, 0.6) is 11.5 Å². The monoisotopic (exact) mass is 296 g/mol. The Bertz CT molecular complexity index is 715. The Hall–Kier alpha value is -3.33. The van der Waals surface area contributed by atoms with Crippen molar-refractivity contribution in [3.8, 4) is 17.6 Å². The molecule has 0 unspecified atom stereocenters. The molecule has 0 spiro atoms. The number of benzene rings is 2. The Morgan fingerprint density at radius 1 is 1.05 bits per heavy atom. The Kier molecular flexibility index (Phi) is 4.73. The summed E-state index contributed by atoms with van der Waals surface area (Å²) in [6.07, 6.45) is 0. The molecule has 0 saturated carbocycles. The number of carboxylic acid groups (broad SMARTS) is 1. The summed E-state index contributed by atoms with van der Waals surface area (Å²) in [6, 6.07) is 14.9. The minimum absolute atomic E-state index is 0.341. The minimum atomic E-state index is -1.10. The van der Waals surface area contributed by atoms with Gasteiger partial charge in [0.2, 0.25) is 0 Å². The molecule has 2 aromatic carbocycles. The third kappa shape index (κ3) is 4.08. The number of nitrogens with zero attached hydrogens (tertiary/aromatic N) is 1. The molecule has 0 bridgehead atoms. The highest BCUT2D eigenvalue weighted by atomic mass is 16.5.